The van der Waals surface area contributed by atoms with Crippen LogP contribution in [0.4, 0.5) is 0 Å². The van der Waals surface area contributed by atoms with E-state index in [1.165, 1.54) is 0 Å². The molecule has 0 bridgehead atoms. The van der Waals surface area contributed by atoms with E-state index in [-0.39, 0.29) is 12.7 Å². The number of aliphatic hydroxyl groups is 1. The maximum absolute atomic E-state index is 9.13. The summed E-state index contributed by atoms with van der Waals surface area (Å²) in [5.41, 5.74) is 1.95. The van der Waals surface area contributed by atoms with Gasteiger partial charge in [-0.05, 0) is 23.5 Å². The summed E-state index contributed by atoms with van der Waals surface area (Å²) in [7, 11) is 1.67. The van der Waals surface area contributed by atoms with Gasteiger partial charge < -0.3 is 14.5 Å². The first kappa shape index (κ1) is 12.0. The Morgan fingerprint density at radius 1 is 1.50 bits per heavy atom. The van der Waals surface area contributed by atoms with Gasteiger partial charge >= 0.3 is 7.48 Å². The molecule has 1 atom stereocenters. The van der Waals surface area contributed by atoms with Crippen LogP contribution in [0.3, 0.4) is 0 Å². The number of hydrogen-bond acceptors (Lipinski definition) is 3. The average molecular weight is 284 g/mol. The molecule has 1 radical (unpaired) electrons. The molecule has 1 aromatic carbocycles. The van der Waals surface area contributed by atoms with Crippen LogP contribution in [0.2, 0.25) is 0 Å². The zero-order chi connectivity index (χ0) is 11.4. The quantitative estimate of drug-likeness (QED) is 0.501. The Hall–Kier alpha value is -0.515. The number of ether oxygens (including phenoxy) is 1. The molecule has 2 rings (SSSR count). The van der Waals surface area contributed by atoms with Crippen molar-refractivity contribution in [1.29, 1.82) is 0 Å². The number of halogens is 1. The van der Waals surface area contributed by atoms with Crippen LogP contribution in [0.25, 0.3) is 0 Å². The van der Waals surface area contributed by atoms with Crippen molar-refractivity contribution in [2.24, 2.45) is 0 Å². The predicted octanol–water partition coefficient (Wildman–Crippen LogP) is 1.16. The molecule has 1 N–H and O–H groups in total. The number of rotatable bonds is 5. The van der Waals surface area contributed by atoms with Crippen LogP contribution in [0.1, 0.15) is 18.1 Å². The highest BCUT2D eigenvalue weighted by atomic mass is 79.9. The van der Waals surface area contributed by atoms with Crippen molar-refractivity contribution in [3.8, 4) is 5.75 Å². The lowest BCUT2D eigenvalue weighted by molar-refractivity contribution is 0.131. The van der Waals surface area contributed by atoms with E-state index in [0.717, 1.165) is 28.5 Å². The fourth-order valence-corrected chi connectivity index (χ4v) is 1.92. The monoisotopic (exact) mass is 283 g/mol. The number of aliphatic hydroxyl groups excluding tert-OH is 1. The lowest BCUT2D eigenvalue weighted by atomic mass is 9.85. The Labute approximate surface area is 104 Å². The van der Waals surface area contributed by atoms with E-state index in [9.17, 15) is 0 Å². The van der Waals surface area contributed by atoms with Crippen molar-refractivity contribution < 1.29 is 14.5 Å². The normalized spacial score (nSPS) is 18.0. The Kier molecular flexibility index (Phi) is 4.26. The molecule has 1 heterocycles. The van der Waals surface area contributed by atoms with E-state index >= 15 is 0 Å². The molecule has 0 fully saturated rings. The lowest BCUT2D eigenvalue weighted by Gasteiger charge is -2.11. The number of alkyl halides is 1. The number of fused-ring (bicyclic) bond motifs is 1. The summed E-state index contributed by atoms with van der Waals surface area (Å²) in [5, 5.41) is 10.1. The molecule has 1 aliphatic rings. The van der Waals surface area contributed by atoms with E-state index in [2.05, 4.69) is 15.9 Å². The van der Waals surface area contributed by atoms with Crippen LogP contribution >= 0.6 is 15.9 Å². The second kappa shape index (κ2) is 5.71. The van der Waals surface area contributed by atoms with Gasteiger partial charge in [-0.2, -0.15) is 0 Å². The summed E-state index contributed by atoms with van der Waals surface area (Å²) in [6.45, 7) is 0.674. The first-order chi connectivity index (χ1) is 7.86. The van der Waals surface area contributed by atoms with Crippen LogP contribution in [-0.4, -0.2) is 31.1 Å². The van der Waals surface area contributed by atoms with Crippen molar-refractivity contribution in [3.63, 3.8) is 0 Å². The topological polar surface area (TPSA) is 38.7 Å². The van der Waals surface area contributed by atoms with Crippen LogP contribution in [0, 0.1) is 0 Å². The molecular formula is C11H13BBrO3. The van der Waals surface area contributed by atoms with Gasteiger partial charge in [-0.15, -0.1) is 0 Å². The number of hydrogen-bond donors (Lipinski definition) is 1. The summed E-state index contributed by atoms with van der Waals surface area (Å²) in [4.78, 5) is 0. The summed E-state index contributed by atoms with van der Waals surface area (Å²) in [6.07, 6.45) is 0.725. The largest absolute Gasteiger partial charge is 0.494 e. The SMILES string of the molecule is OCC1O[B]c2c(OCCCBr)cccc21. The fourth-order valence-electron chi connectivity index (χ4n) is 1.70. The van der Waals surface area contributed by atoms with E-state index in [1.54, 1.807) is 7.48 Å². The lowest BCUT2D eigenvalue weighted by Crippen LogP contribution is -2.16. The second-order valence-electron chi connectivity index (χ2n) is 3.58. The predicted molar refractivity (Wildman–Crippen MR) is 66.6 cm³/mol. The van der Waals surface area contributed by atoms with Crippen LogP contribution in [0.15, 0.2) is 18.2 Å². The third-order valence-corrected chi connectivity index (χ3v) is 3.06. The highest BCUT2D eigenvalue weighted by Crippen LogP contribution is 2.24. The van der Waals surface area contributed by atoms with Crippen molar-refractivity contribution in [2.45, 2.75) is 12.5 Å². The molecule has 0 saturated heterocycles. The zero-order valence-corrected chi connectivity index (χ0v) is 10.4. The molecule has 1 aliphatic heterocycles. The van der Waals surface area contributed by atoms with E-state index in [0.29, 0.717) is 6.61 Å². The smallest absolute Gasteiger partial charge is 0.335 e. The van der Waals surface area contributed by atoms with Crippen LogP contribution in [0.5, 0.6) is 5.75 Å². The van der Waals surface area contributed by atoms with Gasteiger partial charge in [0.25, 0.3) is 0 Å². The maximum Gasteiger partial charge on any atom is 0.335 e. The molecule has 1 aromatic rings. The van der Waals surface area contributed by atoms with Gasteiger partial charge in [0.1, 0.15) is 5.75 Å². The summed E-state index contributed by atoms with van der Waals surface area (Å²) >= 11 is 3.36. The molecule has 0 spiro atoms. The molecule has 0 aliphatic carbocycles. The van der Waals surface area contributed by atoms with E-state index in [1.807, 2.05) is 18.2 Å². The third-order valence-electron chi connectivity index (χ3n) is 2.50. The molecule has 0 saturated carbocycles. The molecule has 0 amide bonds. The standard InChI is InChI=1S/C11H13BBrO3/c13-5-2-6-15-9-4-1-3-8-10(7-14)16-12-11(8)9/h1,3-4,10,14H,2,5-7H2. The molecule has 5 heteroatoms. The Bertz CT molecular complexity index is 359. The minimum Gasteiger partial charge on any atom is -0.494 e. The molecule has 16 heavy (non-hydrogen) atoms. The molecule has 85 valence electrons. The number of benzene rings is 1. The summed E-state index contributed by atoms with van der Waals surface area (Å²) in [6, 6.07) is 5.80. The van der Waals surface area contributed by atoms with Crippen molar-refractivity contribution in [3.05, 3.63) is 23.8 Å². The van der Waals surface area contributed by atoms with Gasteiger partial charge in [0.2, 0.25) is 0 Å². The van der Waals surface area contributed by atoms with Crippen molar-refractivity contribution in [2.75, 3.05) is 18.5 Å². The first-order valence-corrected chi connectivity index (χ1v) is 6.40. The highest BCUT2D eigenvalue weighted by molar-refractivity contribution is 9.09. The van der Waals surface area contributed by atoms with Gasteiger partial charge in [-0.25, -0.2) is 0 Å². The first-order valence-electron chi connectivity index (χ1n) is 5.28. The van der Waals surface area contributed by atoms with Crippen LogP contribution in [-0.2, 0) is 4.65 Å². The third kappa shape index (κ3) is 2.42. The minimum atomic E-state index is -0.241. The van der Waals surface area contributed by atoms with Crippen molar-refractivity contribution in [1.82, 2.24) is 0 Å². The van der Waals surface area contributed by atoms with Crippen LogP contribution < -0.4 is 10.2 Å². The highest BCUT2D eigenvalue weighted by Gasteiger charge is 2.26. The molecule has 1 unspecified atom stereocenters. The van der Waals surface area contributed by atoms with E-state index < -0.39 is 0 Å². The Morgan fingerprint density at radius 2 is 2.38 bits per heavy atom. The van der Waals surface area contributed by atoms with Crippen molar-refractivity contribution >= 4 is 28.9 Å². The Morgan fingerprint density at radius 3 is 3.12 bits per heavy atom. The van der Waals surface area contributed by atoms with Gasteiger partial charge in [-0.3, -0.25) is 0 Å². The minimum absolute atomic E-state index is 0.00560. The zero-order valence-electron chi connectivity index (χ0n) is 8.86. The molecular weight excluding hydrogens is 271 g/mol. The fraction of sp³-hybridized carbons (Fsp3) is 0.455. The van der Waals surface area contributed by atoms with Gasteiger partial charge in [0.05, 0.1) is 19.3 Å². The van der Waals surface area contributed by atoms with Gasteiger partial charge in [0, 0.05) is 5.33 Å². The maximum atomic E-state index is 9.13. The van der Waals surface area contributed by atoms with Gasteiger partial charge in [0.15, 0.2) is 0 Å². The molecule has 3 nitrogen and oxygen atoms in total. The summed E-state index contributed by atoms with van der Waals surface area (Å²) < 4.78 is 11.0. The average Bonchev–Trinajstić information content (AvgIpc) is 2.73. The molecule has 0 aromatic heterocycles. The van der Waals surface area contributed by atoms with E-state index in [4.69, 9.17) is 14.5 Å². The Balaban J connectivity index is 2.12. The second-order valence-corrected chi connectivity index (χ2v) is 4.37. The summed E-state index contributed by atoms with van der Waals surface area (Å²) in [5.74, 6) is 0.828. The van der Waals surface area contributed by atoms with Gasteiger partial charge in [-0.1, -0.05) is 28.1 Å².